The van der Waals surface area contributed by atoms with Gasteiger partial charge < -0.3 is 9.47 Å². The third kappa shape index (κ3) is 2.66. The Morgan fingerprint density at radius 2 is 2.07 bits per heavy atom. The number of hydrogen-bond acceptors (Lipinski definition) is 4. The first kappa shape index (κ1) is 16.9. The number of rotatable bonds is 2. The minimum Gasteiger partial charge on any atom is -0.340 e. The van der Waals surface area contributed by atoms with Crippen LogP contribution in [0.2, 0.25) is 5.02 Å². The molecule has 7 nitrogen and oxygen atoms in total. The maximum Gasteiger partial charge on any atom is 0.275 e. The molecule has 5 rings (SSSR count). The SMILES string of the molecule is CC1c2ccc(-c3ccncn3)n2CCN1C(=O)c1cc2ccc(Cl)cn2n1. The van der Waals surface area contributed by atoms with E-state index in [-0.39, 0.29) is 11.9 Å². The van der Waals surface area contributed by atoms with E-state index in [1.165, 1.54) is 0 Å². The minimum absolute atomic E-state index is 0.0646. The number of fused-ring (bicyclic) bond motifs is 2. The van der Waals surface area contributed by atoms with Crippen molar-refractivity contribution in [2.24, 2.45) is 0 Å². The van der Waals surface area contributed by atoms with Crippen molar-refractivity contribution in [2.45, 2.75) is 19.5 Å². The molecule has 8 heteroatoms. The first-order valence-electron chi connectivity index (χ1n) is 9.03. The first-order valence-corrected chi connectivity index (χ1v) is 9.41. The normalized spacial score (nSPS) is 16.4. The summed E-state index contributed by atoms with van der Waals surface area (Å²) in [6.45, 7) is 3.35. The zero-order valence-electron chi connectivity index (χ0n) is 15.2. The lowest BCUT2D eigenvalue weighted by molar-refractivity contribution is 0.0638. The molecule has 4 aromatic heterocycles. The van der Waals surface area contributed by atoms with E-state index in [9.17, 15) is 4.79 Å². The summed E-state index contributed by atoms with van der Waals surface area (Å²) < 4.78 is 3.86. The predicted molar refractivity (Wildman–Crippen MR) is 105 cm³/mol. The Kier molecular flexibility index (Phi) is 3.91. The summed E-state index contributed by atoms with van der Waals surface area (Å²) in [5.74, 6) is -0.0802. The molecule has 0 fully saturated rings. The van der Waals surface area contributed by atoms with Gasteiger partial charge in [0.25, 0.3) is 5.91 Å². The fourth-order valence-electron chi connectivity index (χ4n) is 3.82. The van der Waals surface area contributed by atoms with Gasteiger partial charge in [-0.15, -0.1) is 0 Å². The molecule has 4 aromatic rings. The zero-order chi connectivity index (χ0) is 19.3. The lowest BCUT2D eigenvalue weighted by Gasteiger charge is -2.35. The van der Waals surface area contributed by atoms with Gasteiger partial charge in [0.15, 0.2) is 5.69 Å². The predicted octanol–water partition coefficient (Wildman–Crippen LogP) is 3.46. The number of pyridine rings is 1. The van der Waals surface area contributed by atoms with Crippen LogP contribution in [0.15, 0.2) is 55.1 Å². The van der Waals surface area contributed by atoms with Crippen LogP contribution in [0.1, 0.15) is 29.1 Å². The number of nitrogens with zero attached hydrogens (tertiary/aromatic N) is 6. The number of halogens is 1. The molecule has 0 spiro atoms. The van der Waals surface area contributed by atoms with Crippen molar-refractivity contribution in [3.8, 4) is 11.4 Å². The van der Waals surface area contributed by atoms with Crippen molar-refractivity contribution in [3.63, 3.8) is 0 Å². The fraction of sp³-hybridized carbons (Fsp3) is 0.200. The molecule has 1 atom stereocenters. The van der Waals surface area contributed by atoms with Gasteiger partial charge in [-0.25, -0.2) is 14.5 Å². The maximum absolute atomic E-state index is 13.1. The van der Waals surface area contributed by atoms with Gasteiger partial charge in [-0.05, 0) is 43.3 Å². The molecule has 1 aliphatic rings. The van der Waals surface area contributed by atoms with E-state index < -0.39 is 0 Å². The Hall–Kier alpha value is -3.19. The fourth-order valence-corrected chi connectivity index (χ4v) is 3.97. The van der Waals surface area contributed by atoms with Gasteiger partial charge in [0.2, 0.25) is 0 Å². The van der Waals surface area contributed by atoms with Crippen molar-refractivity contribution in [3.05, 3.63) is 71.5 Å². The molecular formula is C20H17ClN6O. The van der Waals surface area contributed by atoms with Crippen LogP contribution in [0.5, 0.6) is 0 Å². The molecule has 0 bridgehead atoms. The van der Waals surface area contributed by atoms with Gasteiger partial charge in [0.05, 0.1) is 28.0 Å². The zero-order valence-corrected chi connectivity index (χ0v) is 15.9. The van der Waals surface area contributed by atoms with Gasteiger partial charge in [0.1, 0.15) is 6.33 Å². The van der Waals surface area contributed by atoms with Gasteiger partial charge in [-0.2, -0.15) is 5.10 Å². The molecule has 28 heavy (non-hydrogen) atoms. The van der Waals surface area contributed by atoms with E-state index in [2.05, 4.69) is 31.8 Å². The topological polar surface area (TPSA) is 68.3 Å². The number of carbonyl (C=O) groups is 1. The Morgan fingerprint density at radius 1 is 1.18 bits per heavy atom. The summed E-state index contributed by atoms with van der Waals surface area (Å²) in [5.41, 5.74) is 4.26. The van der Waals surface area contributed by atoms with Crippen molar-refractivity contribution in [1.29, 1.82) is 0 Å². The second-order valence-electron chi connectivity index (χ2n) is 6.81. The number of aromatic nitrogens is 5. The smallest absolute Gasteiger partial charge is 0.275 e. The molecule has 0 aromatic carbocycles. The first-order chi connectivity index (χ1) is 13.6. The molecule has 1 amide bonds. The van der Waals surface area contributed by atoms with Crippen LogP contribution in [-0.2, 0) is 6.54 Å². The molecule has 0 saturated heterocycles. The molecule has 1 aliphatic heterocycles. The van der Waals surface area contributed by atoms with Crippen LogP contribution in [0, 0.1) is 0 Å². The van der Waals surface area contributed by atoms with Crippen LogP contribution in [-0.4, -0.2) is 41.5 Å². The highest BCUT2D eigenvalue weighted by molar-refractivity contribution is 6.30. The molecule has 140 valence electrons. The largest absolute Gasteiger partial charge is 0.340 e. The van der Waals surface area contributed by atoms with Crippen molar-refractivity contribution in [1.82, 2.24) is 29.0 Å². The Bertz CT molecular complexity index is 1180. The number of amides is 1. The molecule has 5 heterocycles. The maximum atomic E-state index is 13.1. The summed E-state index contributed by atoms with van der Waals surface area (Å²) in [7, 11) is 0. The quantitative estimate of drug-likeness (QED) is 0.524. The Labute approximate surface area is 166 Å². The van der Waals surface area contributed by atoms with Crippen LogP contribution in [0.4, 0.5) is 0 Å². The Morgan fingerprint density at radius 3 is 2.89 bits per heavy atom. The van der Waals surface area contributed by atoms with Crippen molar-refractivity contribution >= 4 is 23.0 Å². The van der Waals surface area contributed by atoms with E-state index in [1.54, 1.807) is 35.4 Å². The monoisotopic (exact) mass is 392 g/mol. The number of hydrogen-bond donors (Lipinski definition) is 0. The molecule has 0 radical (unpaired) electrons. The summed E-state index contributed by atoms with van der Waals surface area (Å²) in [4.78, 5) is 23.3. The average molecular weight is 393 g/mol. The third-order valence-electron chi connectivity index (χ3n) is 5.22. The summed E-state index contributed by atoms with van der Waals surface area (Å²) in [6, 6.07) is 11.4. The molecule has 0 N–H and O–H groups in total. The van der Waals surface area contributed by atoms with Gasteiger partial charge >= 0.3 is 0 Å². The van der Waals surface area contributed by atoms with E-state index in [1.807, 2.05) is 24.0 Å². The highest BCUT2D eigenvalue weighted by atomic mass is 35.5. The standard InChI is InChI=1S/C20H17ClN6O/c1-13-18-4-5-19(16-6-7-22-12-23-16)26(18)9-8-25(13)20(28)17-10-15-3-2-14(21)11-27(15)24-17/h2-7,10-13H,8-9H2,1H3. The van der Waals surface area contributed by atoms with E-state index >= 15 is 0 Å². The summed E-state index contributed by atoms with van der Waals surface area (Å²) in [6.07, 6.45) is 4.99. The second kappa shape index (κ2) is 6.45. The minimum atomic E-state index is -0.0802. The highest BCUT2D eigenvalue weighted by Crippen LogP contribution is 2.32. The van der Waals surface area contributed by atoms with Gasteiger partial charge in [-0.1, -0.05) is 11.6 Å². The molecular weight excluding hydrogens is 376 g/mol. The second-order valence-corrected chi connectivity index (χ2v) is 7.25. The number of carbonyl (C=O) groups excluding carboxylic acids is 1. The lowest BCUT2D eigenvalue weighted by atomic mass is 10.1. The molecule has 1 unspecified atom stereocenters. The Balaban J connectivity index is 1.46. The van der Waals surface area contributed by atoms with Crippen molar-refractivity contribution < 1.29 is 4.79 Å². The highest BCUT2D eigenvalue weighted by Gasteiger charge is 2.31. The summed E-state index contributed by atoms with van der Waals surface area (Å²) in [5, 5.41) is 4.99. The van der Waals surface area contributed by atoms with E-state index in [4.69, 9.17) is 11.6 Å². The average Bonchev–Trinajstić information content (AvgIpc) is 3.32. The van der Waals surface area contributed by atoms with Crippen LogP contribution < -0.4 is 0 Å². The third-order valence-corrected chi connectivity index (χ3v) is 5.45. The lowest BCUT2D eigenvalue weighted by Crippen LogP contribution is -2.41. The van der Waals surface area contributed by atoms with Gasteiger partial charge in [0, 0.05) is 31.2 Å². The van der Waals surface area contributed by atoms with Crippen molar-refractivity contribution in [2.75, 3.05) is 6.54 Å². The molecule has 0 aliphatic carbocycles. The van der Waals surface area contributed by atoms with Crippen LogP contribution in [0.3, 0.4) is 0 Å². The van der Waals surface area contributed by atoms with Crippen LogP contribution in [0.25, 0.3) is 16.9 Å². The van der Waals surface area contributed by atoms with E-state index in [0.717, 1.165) is 22.6 Å². The molecule has 0 saturated carbocycles. The van der Waals surface area contributed by atoms with Crippen LogP contribution >= 0.6 is 11.6 Å². The van der Waals surface area contributed by atoms with E-state index in [0.29, 0.717) is 23.8 Å². The van der Waals surface area contributed by atoms with Gasteiger partial charge in [-0.3, -0.25) is 4.79 Å². The summed E-state index contributed by atoms with van der Waals surface area (Å²) >= 11 is 6.02.